The molecule has 1 N–H and O–H groups in total. The number of benzene rings is 1. The number of nitrogens with one attached hydrogen (secondary N) is 1. The van der Waals surface area contributed by atoms with Gasteiger partial charge in [-0.1, -0.05) is 44.2 Å². The maximum atomic E-state index is 12.8. The molecule has 5 heteroatoms. The number of ether oxygens (including phenoxy) is 1. The molecule has 1 unspecified atom stereocenters. The second-order valence-electron chi connectivity index (χ2n) is 6.07. The van der Waals surface area contributed by atoms with E-state index in [1.807, 2.05) is 13.8 Å². The lowest BCUT2D eigenvalue weighted by Gasteiger charge is -2.29. The van der Waals surface area contributed by atoms with Crippen LogP contribution >= 0.6 is 0 Å². The molecule has 1 atom stereocenters. The van der Waals surface area contributed by atoms with Gasteiger partial charge in [0, 0.05) is 26.3 Å². The summed E-state index contributed by atoms with van der Waals surface area (Å²) in [5.74, 6) is 0. The zero-order chi connectivity index (χ0) is 15.9. The number of methoxy groups -OCH3 is 1. The zero-order valence-electron chi connectivity index (χ0n) is 12.8. The van der Waals surface area contributed by atoms with E-state index in [0.717, 1.165) is 6.42 Å². The van der Waals surface area contributed by atoms with Gasteiger partial charge in [-0.2, -0.15) is 13.2 Å². The maximum Gasteiger partial charge on any atom is 0.390 e. The number of hydrogen-bond acceptors (Lipinski definition) is 2. The fourth-order valence-corrected chi connectivity index (χ4v) is 2.09. The maximum absolute atomic E-state index is 12.8. The van der Waals surface area contributed by atoms with Gasteiger partial charge in [-0.25, -0.2) is 0 Å². The first-order chi connectivity index (χ1) is 9.73. The van der Waals surface area contributed by atoms with Crippen molar-refractivity contribution in [2.45, 2.75) is 38.9 Å². The van der Waals surface area contributed by atoms with Crippen molar-refractivity contribution in [3.63, 3.8) is 0 Å². The summed E-state index contributed by atoms with van der Waals surface area (Å²) in [4.78, 5) is 0. The Labute approximate surface area is 124 Å². The molecule has 2 nitrogen and oxygen atoms in total. The highest BCUT2D eigenvalue weighted by molar-refractivity contribution is 5.19. The van der Waals surface area contributed by atoms with Crippen LogP contribution in [0.4, 0.5) is 13.2 Å². The van der Waals surface area contributed by atoms with Crippen LogP contribution in [-0.2, 0) is 4.74 Å². The van der Waals surface area contributed by atoms with E-state index in [2.05, 4.69) is 5.32 Å². The molecule has 0 spiro atoms. The van der Waals surface area contributed by atoms with Crippen molar-refractivity contribution in [2.24, 2.45) is 5.41 Å². The Morgan fingerprint density at radius 2 is 1.76 bits per heavy atom. The molecule has 0 saturated carbocycles. The standard InChI is InChI=1S/C16H24F3NO/c1-15(2,9-10-21-3)12-20-14(11-16(17,18)19)13-7-5-4-6-8-13/h4-8,14,20H,9-12H2,1-3H3. The van der Waals surface area contributed by atoms with E-state index in [9.17, 15) is 13.2 Å². The SMILES string of the molecule is COCCC(C)(C)CNC(CC(F)(F)F)c1ccccc1. The van der Waals surface area contributed by atoms with Crippen LogP contribution in [0.1, 0.15) is 38.3 Å². The Morgan fingerprint density at radius 3 is 2.29 bits per heavy atom. The molecule has 0 aromatic heterocycles. The Balaban J connectivity index is 2.70. The van der Waals surface area contributed by atoms with Gasteiger partial charge in [0.2, 0.25) is 0 Å². The number of hydrogen-bond donors (Lipinski definition) is 1. The first-order valence-electron chi connectivity index (χ1n) is 7.07. The molecule has 120 valence electrons. The number of alkyl halides is 3. The van der Waals surface area contributed by atoms with Crippen molar-refractivity contribution in [2.75, 3.05) is 20.3 Å². The first kappa shape index (κ1) is 18.0. The predicted octanol–water partition coefficient (Wildman–Crippen LogP) is 4.33. The minimum absolute atomic E-state index is 0.116. The van der Waals surface area contributed by atoms with Crippen molar-refractivity contribution < 1.29 is 17.9 Å². The topological polar surface area (TPSA) is 21.3 Å². The van der Waals surface area contributed by atoms with E-state index in [0.29, 0.717) is 18.7 Å². The lowest BCUT2D eigenvalue weighted by Crippen LogP contribution is -2.35. The van der Waals surface area contributed by atoms with Gasteiger partial charge in [-0.3, -0.25) is 0 Å². The summed E-state index contributed by atoms with van der Waals surface area (Å²) < 4.78 is 43.3. The smallest absolute Gasteiger partial charge is 0.385 e. The van der Waals surface area contributed by atoms with Gasteiger partial charge in [-0.15, -0.1) is 0 Å². The highest BCUT2D eigenvalue weighted by Gasteiger charge is 2.33. The highest BCUT2D eigenvalue weighted by Crippen LogP contribution is 2.30. The van der Waals surface area contributed by atoms with Gasteiger partial charge < -0.3 is 10.1 Å². The molecule has 0 saturated heterocycles. The molecule has 1 aromatic rings. The fraction of sp³-hybridized carbons (Fsp3) is 0.625. The van der Waals surface area contributed by atoms with E-state index < -0.39 is 18.6 Å². The Bertz CT molecular complexity index is 404. The van der Waals surface area contributed by atoms with Gasteiger partial charge >= 0.3 is 6.18 Å². The van der Waals surface area contributed by atoms with Crippen LogP contribution in [0.15, 0.2) is 30.3 Å². The molecule has 0 amide bonds. The number of rotatable bonds is 8. The largest absolute Gasteiger partial charge is 0.390 e. The van der Waals surface area contributed by atoms with Crippen molar-refractivity contribution in [3.8, 4) is 0 Å². The highest BCUT2D eigenvalue weighted by atomic mass is 19.4. The lowest BCUT2D eigenvalue weighted by molar-refractivity contribution is -0.140. The summed E-state index contributed by atoms with van der Waals surface area (Å²) in [6.45, 7) is 5.15. The lowest BCUT2D eigenvalue weighted by atomic mass is 9.89. The Kier molecular flexibility index (Phi) is 6.68. The summed E-state index contributed by atoms with van der Waals surface area (Å²) in [5.41, 5.74) is 0.548. The quantitative estimate of drug-likeness (QED) is 0.771. The van der Waals surface area contributed by atoms with Crippen LogP contribution in [0.25, 0.3) is 0 Å². The molecule has 1 aromatic carbocycles. The summed E-state index contributed by atoms with van der Waals surface area (Å²) in [6, 6.07) is 8.06. The average molecular weight is 303 g/mol. The van der Waals surface area contributed by atoms with Crippen molar-refractivity contribution in [1.82, 2.24) is 5.32 Å². The molecule has 0 fully saturated rings. The Hall–Kier alpha value is -1.07. The van der Waals surface area contributed by atoms with E-state index >= 15 is 0 Å². The van der Waals surface area contributed by atoms with Crippen LogP contribution in [0.5, 0.6) is 0 Å². The summed E-state index contributed by atoms with van der Waals surface area (Å²) >= 11 is 0. The third-order valence-electron chi connectivity index (χ3n) is 3.45. The monoisotopic (exact) mass is 303 g/mol. The fourth-order valence-electron chi connectivity index (χ4n) is 2.09. The predicted molar refractivity (Wildman–Crippen MR) is 78.1 cm³/mol. The van der Waals surface area contributed by atoms with Gasteiger partial charge in [0.1, 0.15) is 0 Å². The first-order valence-corrected chi connectivity index (χ1v) is 7.07. The molecular formula is C16H24F3NO. The van der Waals surface area contributed by atoms with Crippen LogP contribution in [0.3, 0.4) is 0 Å². The van der Waals surface area contributed by atoms with Gasteiger partial charge in [0.15, 0.2) is 0 Å². The molecule has 0 aliphatic rings. The average Bonchev–Trinajstić information content (AvgIpc) is 2.41. The van der Waals surface area contributed by atoms with Gasteiger partial charge in [0.05, 0.1) is 6.42 Å². The molecule has 0 radical (unpaired) electrons. The minimum Gasteiger partial charge on any atom is -0.385 e. The van der Waals surface area contributed by atoms with Gasteiger partial charge in [-0.05, 0) is 17.4 Å². The second-order valence-corrected chi connectivity index (χ2v) is 6.07. The summed E-state index contributed by atoms with van der Waals surface area (Å²) in [5, 5.41) is 3.07. The van der Waals surface area contributed by atoms with Crippen molar-refractivity contribution in [3.05, 3.63) is 35.9 Å². The van der Waals surface area contributed by atoms with Crippen LogP contribution in [-0.4, -0.2) is 26.4 Å². The summed E-state index contributed by atoms with van der Waals surface area (Å²) in [6.07, 6.45) is -4.26. The molecule has 0 aliphatic carbocycles. The van der Waals surface area contributed by atoms with Crippen molar-refractivity contribution >= 4 is 0 Å². The van der Waals surface area contributed by atoms with Crippen molar-refractivity contribution in [1.29, 1.82) is 0 Å². The van der Waals surface area contributed by atoms with E-state index in [-0.39, 0.29) is 5.41 Å². The molecule has 21 heavy (non-hydrogen) atoms. The minimum atomic E-state index is -4.19. The van der Waals surface area contributed by atoms with Crippen LogP contribution < -0.4 is 5.32 Å². The number of halogens is 3. The molecule has 0 aliphatic heterocycles. The molecular weight excluding hydrogens is 279 g/mol. The second kappa shape index (κ2) is 7.80. The normalized spacial score (nSPS) is 14.2. The third-order valence-corrected chi connectivity index (χ3v) is 3.45. The molecule has 1 rings (SSSR count). The zero-order valence-corrected chi connectivity index (χ0v) is 12.8. The molecule has 0 bridgehead atoms. The van der Waals surface area contributed by atoms with Crippen LogP contribution in [0, 0.1) is 5.41 Å². The van der Waals surface area contributed by atoms with Gasteiger partial charge in [0.25, 0.3) is 0 Å². The molecule has 0 heterocycles. The van der Waals surface area contributed by atoms with E-state index in [1.54, 1.807) is 37.4 Å². The van der Waals surface area contributed by atoms with E-state index in [1.165, 1.54) is 0 Å². The van der Waals surface area contributed by atoms with E-state index in [4.69, 9.17) is 4.74 Å². The third kappa shape index (κ3) is 7.48. The van der Waals surface area contributed by atoms with Crippen LogP contribution in [0.2, 0.25) is 0 Å². The Morgan fingerprint density at radius 1 is 1.14 bits per heavy atom. The summed E-state index contributed by atoms with van der Waals surface area (Å²) in [7, 11) is 1.62.